The predicted molar refractivity (Wildman–Crippen MR) is 79.6 cm³/mol. The van der Waals surface area contributed by atoms with E-state index in [2.05, 4.69) is 0 Å². The van der Waals surface area contributed by atoms with Gasteiger partial charge in [-0.15, -0.1) is 0 Å². The molecule has 1 saturated carbocycles. The Kier molecular flexibility index (Phi) is 5.84. The molecule has 1 heterocycles. The summed E-state index contributed by atoms with van der Waals surface area (Å²) in [6, 6.07) is -0.234. The van der Waals surface area contributed by atoms with Crippen LogP contribution in [-0.4, -0.2) is 54.9 Å². The summed E-state index contributed by atoms with van der Waals surface area (Å²) in [5, 5.41) is 9.40. The molecule has 118 valence electrons. The van der Waals surface area contributed by atoms with Crippen LogP contribution >= 0.6 is 0 Å². The maximum absolute atomic E-state index is 12.7. The van der Waals surface area contributed by atoms with E-state index in [1.165, 1.54) is 27.9 Å². The quantitative estimate of drug-likeness (QED) is 0.839. The van der Waals surface area contributed by atoms with Crippen molar-refractivity contribution in [2.24, 2.45) is 5.92 Å². The van der Waals surface area contributed by atoms with E-state index >= 15 is 0 Å². The Hall–Kier alpha value is -0.170. The second-order valence-corrected chi connectivity index (χ2v) is 8.22. The van der Waals surface area contributed by atoms with Gasteiger partial charge in [-0.25, -0.2) is 0 Å². The van der Waals surface area contributed by atoms with Crippen LogP contribution in [0.25, 0.3) is 0 Å². The monoisotopic (exact) mass is 304 g/mol. The lowest BCUT2D eigenvalue weighted by atomic mass is 9.89. The number of aliphatic hydroxyl groups is 1. The van der Waals surface area contributed by atoms with Crippen molar-refractivity contribution in [2.75, 3.05) is 26.7 Å². The zero-order valence-corrected chi connectivity index (χ0v) is 13.3. The van der Waals surface area contributed by atoms with Gasteiger partial charge in [0, 0.05) is 26.2 Å². The fraction of sp³-hybridized carbons (Fsp3) is 1.00. The van der Waals surface area contributed by atoms with Crippen LogP contribution in [0.15, 0.2) is 0 Å². The highest BCUT2D eigenvalue weighted by molar-refractivity contribution is 7.86. The summed E-state index contributed by atoms with van der Waals surface area (Å²) in [6.07, 6.45) is 8.69. The van der Waals surface area contributed by atoms with Crippen LogP contribution in [0.5, 0.6) is 0 Å². The normalized spacial score (nSPS) is 27.1. The molecule has 1 unspecified atom stereocenters. The van der Waals surface area contributed by atoms with Crippen molar-refractivity contribution < 1.29 is 13.5 Å². The molecule has 0 bridgehead atoms. The molecular weight excluding hydrogens is 276 g/mol. The number of rotatable bonds is 5. The molecule has 1 aliphatic heterocycles. The van der Waals surface area contributed by atoms with Crippen LogP contribution in [0, 0.1) is 5.92 Å². The van der Waals surface area contributed by atoms with Gasteiger partial charge in [0.05, 0.1) is 6.61 Å². The topological polar surface area (TPSA) is 60.9 Å². The first-order valence-electron chi connectivity index (χ1n) is 7.89. The Bertz CT molecular complexity index is 393. The molecular formula is C14H28N2O3S. The SMILES string of the molecule is CN(CC1CCCCC1)S(=O)(=O)N1CCCCC1CO. The highest BCUT2D eigenvalue weighted by Gasteiger charge is 2.35. The smallest absolute Gasteiger partial charge is 0.282 e. The second-order valence-electron chi connectivity index (χ2n) is 6.24. The van der Waals surface area contributed by atoms with Gasteiger partial charge in [0.2, 0.25) is 0 Å². The van der Waals surface area contributed by atoms with E-state index in [9.17, 15) is 13.5 Å². The summed E-state index contributed by atoms with van der Waals surface area (Å²) in [7, 11) is -1.73. The fourth-order valence-corrected chi connectivity index (χ4v) is 5.13. The summed E-state index contributed by atoms with van der Waals surface area (Å²) in [5.74, 6) is 0.501. The molecule has 0 radical (unpaired) electrons. The van der Waals surface area contributed by atoms with Gasteiger partial charge in [-0.05, 0) is 31.6 Å². The molecule has 5 nitrogen and oxygen atoms in total. The molecule has 0 aromatic rings. The Labute approximate surface area is 123 Å². The maximum Gasteiger partial charge on any atom is 0.282 e. The van der Waals surface area contributed by atoms with Crippen LogP contribution in [0.3, 0.4) is 0 Å². The van der Waals surface area contributed by atoms with Crippen molar-refractivity contribution >= 4 is 10.2 Å². The lowest BCUT2D eigenvalue weighted by Gasteiger charge is -2.37. The third-order valence-corrected chi connectivity index (χ3v) is 6.72. The van der Waals surface area contributed by atoms with Gasteiger partial charge in [0.15, 0.2) is 0 Å². The van der Waals surface area contributed by atoms with E-state index in [0.717, 1.165) is 32.1 Å². The fourth-order valence-electron chi connectivity index (χ4n) is 3.47. The molecule has 1 N–H and O–H groups in total. The first-order valence-corrected chi connectivity index (χ1v) is 9.29. The van der Waals surface area contributed by atoms with Gasteiger partial charge in [-0.3, -0.25) is 0 Å². The number of piperidine rings is 1. The summed E-state index contributed by atoms with van der Waals surface area (Å²) < 4.78 is 28.4. The van der Waals surface area contributed by atoms with Gasteiger partial charge in [0.25, 0.3) is 10.2 Å². The van der Waals surface area contributed by atoms with E-state index in [1.807, 2.05) is 0 Å². The maximum atomic E-state index is 12.7. The Morgan fingerprint density at radius 1 is 1.10 bits per heavy atom. The van der Waals surface area contributed by atoms with Crippen molar-refractivity contribution in [3.63, 3.8) is 0 Å². The van der Waals surface area contributed by atoms with E-state index in [4.69, 9.17) is 0 Å². The van der Waals surface area contributed by atoms with Crippen molar-refractivity contribution in [1.82, 2.24) is 8.61 Å². The molecule has 0 aromatic heterocycles. The van der Waals surface area contributed by atoms with E-state index in [0.29, 0.717) is 19.0 Å². The predicted octanol–water partition coefficient (Wildman–Crippen LogP) is 1.59. The summed E-state index contributed by atoms with van der Waals surface area (Å²) >= 11 is 0. The minimum Gasteiger partial charge on any atom is -0.395 e. The van der Waals surface area contributed by atoms with E-state index in [1.54, 1.807) is 7.05 Å². The standard InChI is InChI=1S/C14H28N2O3S/c1-15(11-13-7-3-2-4-8-13)20(18,19)16-10-6-5-9-14(16)12-17/h13-14,17H,2-12H2,1H3. The van der Waals surface area contributed by atoms with E-state index in [-0.39, 0.29) is 12.6 Å². The van der Waals surface area contributed by atoms with Crippen molar-refractivity contribution in [1.29, 1.82) is 0 Å². The molecule has 2 fully saturated rings. The summed E-state index contributed by atoms with van der Waals surface area (Å²) in [6.45, 7) is 1.09. The lowest BCUT2D eigenvalue weighted by Crippen LogP contribution is -2.51. The molecule has 0 amide bonds. The zero-order chi connectivity index (χ0) is 14.6. The minimum atomic E-state index is -3.42. The number of aliphatic hydroxyl groups excluding tert-OH is 1. The van der Waals surface area contributed by atoms with Gasteiger partial charge in [0.1, 0.15) is 0 Å². The molecule has 0 spiro atoms. The average Bonchev–Trinajstić information content (AvgIpc) is 2.48. The largest absolute Gasteiger partial charge is 0.395 e. The van der Waals surface area contributed by atoms with Gasteiger partial charge in [-0.1, -0.05) is 25.7 Å². The number of hydrogen-bond acceptors (Lipinski definition) is 3. The van der Waals surface area contributed by atoms with Gasteiger partial charge < -0.3 is 5.11 Å². The first-order chi connectivity index (χ1) is 9.55. The molecule has 2 aliphatic rings. The molecule has 1 saturated heterocycles. The first kappa shape index (κ1) is 16.2. The van der Waals surface area contributed by atoms with Crippen LogP contribution in [0.2, 0.25) is 0 Å². The molecule has 1 aliphatic carbocycles. The zero-order valence-electron chi connectivity index (χ0n) is 12.5. The summed E-state index contributed by atoms with van der Waals surface area (Å²) in [4.78, 5) is 0. The Morgan fingerprint density at radius 2 is 1.75 bits per heavy atom. The second kappa shape index (κ2) is 7.20. The third-order valence-electron chi connectivity index (χ3n) is 4.71. The van der Waals surface area contributed by atoms with Crippen LogP contribution in [0.4, 0.5) is 0 Å². The average molecular weight is 304 g/mol. The minimum absolute atomic E-state index is 0.0729. The van der Waals surface area contributed by atoms with Crippen molar-refractivity contribution in [3.8, 4) is 0 Å². The van der Waals surface area contributed by atoms with Crippen LogP contribution in [0.1, 0.15) is 51.4 Å². The third kappa shape index (κ3) is 3.72. The Balaban J connectivity index is 1.99. The van der Waals surface area contributed by atoms with Crippen molar-refractivity contribution in [2.45, 2.75) is 57.4 Å². The summed E-state index contributed by atoms with van der Waals surface area (Å²) in [5.41, 5.74) is 0. The van der Waals surface area contributed by atoms with Gasteiger partial charge in [-0.2, -0.15) is 17.0 Å². The Morgan fingerprint density at radius 3 is 2.40 bits per heavy atom. The highest BCUT2D eigenvalue weighted by atomic mass is 32.2. The molecule has 20 heavy (non-hydrogen) atoms. The lowest BCUT2D eigenvalue weighted by molar-refractivity contribution is 0.147. The van der Waals surface area contributed by atoms with Crippen LogP contribution in [-0.2, 0) is 10.2 Å². The van der Waals surface area contributed by atoms with Gasteiger partial charge >= 0.3 is 0 Å². The number of hydrogen-bond donors (Lipinski definition) is 1. The van der Waals surface area contributed by atoms with Crippen LogP contribution < -0.4 is 0 Å². The van der Waals surface area contributed by atoms with Crippen molar-refractivity contribution in [3.05, 3.63) is 0 Å². The molecule has 2 rings (SSSR count). The number of nitrogens with zero attached hydrogens (tertiary/aromatic N) is 2. The highest BCUT2D eigenvalue weighted by Crippen LogP contribution is 2.27. The molecule has 6 heteroatoms. The molecule has 0 aromatic carbocycles. The van der Waals surface area contributed by atoms with E-state index < -0.39 is 10.2 Å². The molecule has 1 atom stereocenters.